The number of ether oxygens (including phenoxy) is 2. The number of rotatable bonds is 5. The summed E-state index contributed by atoms with van der Waals surface area (Å²) in [5.41, 5.74) is 3.87. The van der Waals surface area contributed by atoms with Crippen LogP contribution in [0.2, 0.25) is 0 Å². The van der Waals surface area contributed by atoms with Crippen molar-refractivity contribution in [3.05, 3.63) is 70.8 Å². The Hall–Kier alpha value is -3.69. The molecule has 0 saturated carbocycles. The molecular weight excluding hydrogens is 566 g/mol. The van der Waals surface area contributed by atoms with E-state index in [2.05, 4.69) is 24.5 Å². The molecular formula is C30H29F3N5O3P. The van der Waals surface area contributed by atoms with E-state index in [-0.39, 0.29) is 24.1 Å². The highest BCUT2D eigenvalue weighted by Gasteiger charge is 2.34. The number of hydrogen-bond acceptors (Lipinski definition) is 6. The minimum atomic E-state index is -4.50. The molecule has 2 aromatic heterocycles. The predicted molar refractivity (Wildman–Crippen MR) is 154 cm³/mol. The lowest BCUT2D eigenvalue weighted by atomic mass is 9.94. The summed E-state index contributed by atoms with van der Waals surface area (Å²) in [5.74, 6) is 1.24. The fraction of sp³-hybridized carbons (Fsp3) is 0.367. The van der Waals surface area contributed by atoms with Gasteiger partial charge >= 0.3 is 6.18 Å². The van der Waals surface area contributed by atoms with Crippen LogP contribution in [-0.2, 0) is 30.4 Å². The lowest BCUT2D eigenvalue weighted by Gasteiger charge is -2.31. The fourth-order valence-corrected chi connectivity index (χ4v) is 6.59. The molecule has 1 fully saturated rings. The summed E-state index contributed by atoms with van der Waals surface area (Å²) >= 11 is 0. The average molecular weight is 596 g/mol. The Balaban J connectivity index is 1.32. The van der Waals surface area contributed by atoms with Gasteiger partial charge in [0.15, 0.2) is 5.69 Å². The maximum atomic E-state index is 14.0. The van der Waals surface area contributed by atoms with Crippen LogP contribution in [0.15, 0.2) is 42.9 Å². The van der Waals surface area contributed by atoms with E-state index in [1.165, 1.54) is 6.07 Å². The minimum absolute atomic E-state index is 0.0477. The number of amides is 1. The van der Waals surface area contributed by atoms with Gasteiger partial charge in [-0.15, -0.1) is 9.24 Å². The van der Waals surface area contributed by atoms with Crippen molar-refractivity contribution >= 4 is 31.9 Å². The number of aromatic nitrogens is 3. The van der Waals surface area contributed by atoms with Crippen LogP contribution < -0.4 is 15.4 Å². The first-order valence-corrected chi connectivity index (χ1v) is 14.6. The maximum absolute atomic E-state index is 14.0. The molecule has 42 heavy (non-hydrogen) atoms. The van der Waals surface area contributed by atoms with E-state index in [0.29, 0.717) is 61.1 Å². The van der Waals surface area contributed by atoms with Gasteiger partial charge in [-0.2, -0.15) is 13.2 Å². The molecule has 1 N–H and O–H groups in total. The number of alkyl halides is 3. The first kappa shape index (κ1) is 27.2. The van der Waals surface area contributed by atoms with Crippen LogP contribution in [-0.4, -0.2) is 51.5 Å². The summed E-state index contributed by atoms with van der Waals surface area (Å²) in [6, 6.07) is 7.69. The van der Waals surface area contributed by atoms with Crippen LogP contribution in [0, 0.1) is 5.92 Å². The number of anilines is 1. The second kappa shape index (κ2) is 10.5. The van der Waals surface area contributed by atoms with Gasteiger partial charge in [-0.25, -0.2) is 9.97 Å². The zero-order chi connectivity index (χ0) is 29.0. The lowest BCUT2D eigenvalue weighted by molar-refractivity contribution is -0.137. The Kier molecular flexibility index (Phi) is 6.82. The van der Waals surface area contributed by atoms with E-state index < -0.39 is 11.7 Å². The van der Waals surface area contributed by atoms with Crippen molar-refractivity contribution in [1.82, 2.24) is 19.3 Å². The van der Waals surface area contributed by atoms with Gasteiger partial charge in [0.05, 0.1) is 17.7 Å². The summed E-state index contributed by atoms with van der Waals surface area (Å²) in [7, 11) is 2.76. The SMILES string of the molecule is O=C1c2ncn3c(NCc4c(P)ccc5c4CCO5)ncc(c23)-c2ccc(C(F)(F)F)cc2CN1CC1CCOCC1. The molecule has 1 unspecified atom stereocenters. The Labute approximate surface area is 242 Å². The summed E-state index contributed by atoms with van der Waals surface area (Å²) < 4.78 is 54.2. The molecule has 8 nitrogen and oxygen atoms in total. The average Bonchev–Trinajstić information content (AvgIpc) is 3.64. The smallest absolute Gasteiger partial charge is 0.416 e. The standard InChI is InChI=1S/C30H29F3N5O3P/c31-30(32,33)19-1-2-20-18(11-19)15-37(14-17-5-8-40-9-6-17)28(39)26-27-23(20)13-35-29(38(27)16-36-26)34-12-22-21-7-10-41-24(21)3-4-25(22)42/h1-4,11,13,16-17H,5-10,12,14-15,42H2,(H,34,35). The highest BCUT2D eigenvalue weighted by molar-refractivity contribution is 7.27. The number of fused-ring (bicyclic) bond motifs is 3. The quantitative estimate of drug-likeness (QED) is 0.333. The molecule has 0 radical (unpaired) electrons. The van der Waals surface area contributed by atoms with Gasteiger partial charge in [0.25, 0.3) is 5.91 Å². The van der Waals surface area contributed by atoms with Crippen molar-refractivity contribution in [2.24, 2.45) is 5.92 Å². The zero-order valence-corrected chi connectivity index (χ0v) is 23.9. The molecule has 0 bridgehead atoms. The molecule has 5 heterocycles. The molecule has 0 aliphatic carbocycles. The van der Waals surface area contributed by atoms with Crippen LogP contribution in [0.4, 0.5) is 19.1 Å². The Morgan fingerprint density at radius 1 is 1.07 bits per heavy atom. The molecule has 1 atom stereocenters. The van der Waals surface area contributed by atoms with E-state index in [1.807, 2.05) is 12.1 Å². The fourth-order valence-electron chi connectivity index (χ4n) is 6.22. The van der Waals surface area contributed by atoms with E-state index in [0.717, 1.165) is 53.6 Å². The van der Waals surface area contributed by atoms with Crippen LogP contribution in [0.1, 0.15) is 45.6 Å². The number of imidazole rings is 1. The van der Waals surface area contributed by atoms with Crippen LogP contribution in [0.3, 0.4) is 0 Å². The number of halogens is 3. The summed E-state index contributed by atoms with van der Waals surface area (Å²) in [5, 5.41) is 4.45. The number of hydrogen-bond donors (Lipinski definition) is 1. The third-order valence-corrected chi connectivity index (χ3v) is 8.96. The van der Waals surface area contributed by atoms with Gasteiger partial charge in [-0.05, 0) is 59.0 Å². The normalized spacial score (nSPS) is 17.0. The van der Waals surface area contributed by atoms with Crippen molar-refractivity contribution < 1.29 is 27.4 Å². The molecule has 1 amide bonds. The number of carbonyl (C=O) groups is 1. The Morgan fingerprint density at radius 2 is 1.90 bits per heavy atom. The van der Waals surface area contributed by atoms with Crippen LogP contribution in [0.5, 0.6) is 5.75 Å². The number of nitrogens with one attached hydrogen (secondary N) is 1. The van der Waals surface area contributed by atoms with Gasteiger partial charge in [-0.3, -0.25) is 9.20 Å². The number of carbonyl (C=O) groups excluding carboxylic acids is 1. The van der Waals surface area contributed by atoms with E-state index in [1.54, 1.807) is 21.8 Å². The molecule has 3 aliphatic rings. The van der Waals surface area contributed by atoms with Gasteiger partial charge in [0.2, 0.25) is 5.95 Å². The highest BCUT2D eigenvalue weighted by Crippen LogP contribution is 2.38. The van der Waals surface area contributed by atoms with E-state index in [4.69, 9.17) is 9.47 Å². The van der Waals surface area contributed by atoms with Crippen molar-refractivity contribution in [3.63, 3.8) is 0 Å². The van der Waals surface area contributed by atoms with Crippen molar-refractivity contribution in [2.75, 3.05) is 31.7 Å². The summed E-state index contributed by atoms with van der Waals surface area (Å²) in [6.45, 7) is 2.78. The van der Waals surface area contributed by atoms with E-state index in [9.17, 15) is 18.0 Å². The topological polar surface area (TPSA) is 81.0 Å². The monoisotopic (exact) mass is 595 g/mol. The summed E-state index contributed by atoms with van der Waals surface area (Å²) in [4.78, 5) is 24.8. The predicted octanol–water partition coefficient (Wildman–Crippen LogP) is 4.84. The third kappa shape index (κ3) is 4.78. The van der Waals surface area contributed by atoms with Gasteiger partial charge in [-0.1, -0.05) is 12.1 Å². The third-order valence-electron chi connectivity index (χ3n) is 8.42. The van der Waals surface area contributed by atoms with Crippen molar-refractivity contribution in [2.45, 2.75) is 38.5 Å². The Morgan fingerprint density at radius 3 is 2.71 bits per heavy atom. The highest BCUT2D eigenvalue weighted by atomic mass is 31.0. The molecule has 12 heteroatoms. The number of nitrogens with zero attached hydrogens (tertiary/aromatic N) is 4. The second-order valence-corrected chi connectivity index (χ2v) is 11.6. The zero-order valence-electron chi connectivity index (χ0n) is 22.7. The molecule has 0 spiro atoms. The number of benzene rings is 2. The molecule has 218 valence electrons. The Bertz CT molecular complexity index is 1700. The minimum Gasteiger partial charge on any atom is -0.493 e. The first-order valence-electron chi connectivity index (χ1n) is 14.0. The molecule has 3 aliphatic heterocycles. The van der Waals surface area contributed by atoms with Crippen molar-refractivity contribution in [3.8, 4) is 16.9 Å². The molecule has 2 aromatic carbocycles. The molecule has 1 saturated heterocycles. The second-order valence-electron chi connectivity index (χ2n) is 11.0. The largest absolute Gasteiger partial charge is 0.493 e. The van der Waals surface area contributed by atoms with Gasteiger partial charge in [0, 0.05) is 56.6 Å². The molecule has 7 rings (SSSR count). The van der Waals surface area contributed by atoms with E-state index >= 15 is 0 Å². The van der Waals surface area contributed by atoms with Crippen LogP contribution >= 0.6 is 9.24 Å². The first-order chi connectivity index (χ1) is 20.3. The lowest BCUT2D eigenvalue weighted by Crippen LogP contribution is -2.37. The van der Waals surface area contributed by atoms with Gasteiger partial charge < -0.3 is 19.7 Å². The maximum Gasteiger partial charge on any atom is 0.416 e. The van der Waals surface area contributed by atoms with Crippen LogP contribution in [0.25, 0.3) is 16.6 Å². The van der Waals surface area contributed by atoms with Gasteiger partial charge in [0.1, 0.15) is 12.1 Å². The summed E-state index contributed by atoms with van der Waals surface area (Å²) in [6.07, 6.45) is 1.07. The molecule has 4 aromatic rings. The van der Waals surface area contributed by atoms with Crippen molar-refractivity contribution in [1.29, 1.82) is 0 Å².